The molecule has 1 aromatic rings. The molecule has 0 aliphatic carbocycles. The monoisotopic (exact) mass is 229 g/mol. The number of aromatic nitrogens is 1. The predicted molar refractivity (Wildman–Crippen MR) is 47.9 cm³/mol. The average Bonchev–Trinajstić information content (AvgIpc) is 2.04. The van der Waals surface area contributed by atoms with Gasteiger partial charge >= 0.3 is 5.97 Å². The van der Waals surface area contributed by atoms with Crippen molar-refractivity contribution in [1.82, 2.24) is 4.98 Å². The molecule has 3 nitrogen and oxygen atoms in total. The quantitative estimate of drug-likeness (QED) is 0.577. The first-order valence-electron chi connectivity index (χ1n) is 3.54. The molecule has 64 valence electrons. The second-order valence-corrected chi connectivity index (χ2v) is 2.95. The fourth-order valence-corrected chi connectivity index (χ4v) is 0.996. The van der Waals surface area contributed by atoms with Gasteiger partial charge in [0.25, 0.3) is 0 Å². The van der Waals surface area contributed by atoms with Gasteiger partial charge < -0.3 is 4.74 Å². The summed E-state index contributed by atoms with van der Waals surface area (Å²) < 4.78 is 5.59. The van der Waals surface area contributed by atoms with Gasteiger partial charge in [0.2, 0.25) is 0 Å². The molecule has 0 aliphatic heterocycles. The summed E-state index contributed by atoms with van der Waals surface area (Å²) in [5.41, 5.74) is 0. The Morgan fingerprint density at radius 1 is 1.75 bits per heavy atom. The minimum absolute atomic E-state index is 0.242. The average molecular weight is 230 g/mol. The van der Waals surface area contributed by atoms with Crippen LogP contribution in [-0.2, 0) is 4.79 Å². The number of hydrogen-bond donors (Lipinski definition) is 0. The molecule has 0 aromatic carbocycles. The Hall–Kier alpha value is -0.900. The minimum Gasteiger partial charge on any atom is -0.426 e. The third-order valence-electron chi connectivity index (χ3n) is 1.22. The highest BCUT2D eigenvalue weighted by Crippen LogP contribution is 2.15. The number of halogens is 1. The SMILES string of the molecule is CCC(=O)Oc1ccnc(Br)c1. The molecule has 0 fully saturated rings. The van der Waals surface area contributed by atoms with Gasteiger partial charge in [0.05, 0.1) is 0 Å². The van der Waals surface area contributed by atoms with E-state index in [1.54, 1.807) is 25.3 Å². The zero-order chi connectivity index (χ0) is 8.97. The van der Waals surface area contributed by atoms with Gasteiger partial charge in [-0.05, 0) is 22.0 Å². The highest BCUT2D eigenvalue weighted by atomic mass is 79.9. The van der Waals surface area contributed by atoms with Gasteiger partial charge in [-0.2, -0.15) is 0 Å². The highest BCUT2D eigenvalue weighted by molar-refractivity contribution is 9.10. The van der Waals surface area contributed by atoms with E-state index in [2.05, 4.69) is 20.9 Å². The molecule has 12 heavy (non-hydrogen) atoms. The molecule has 0 saturated heterocycles. The van der Waals surface area contributed by atoms with Crippen molar-refractivity contribution in [3.63, 3.8) is 0 Å². The van der Waals surface area contributed by atoms with Gasteiger partial charge in [0, 0.05) is 18.7 Å². The van der Waals surface area contributed by atoms with Crippen molar-refractivity contribution < 1.29 is 9.53 Å². The van der Waals surface area contributed by atoms with Gasteiger partial charge in [0.15, 0.2) is 0 Å². The van der Waals surface area contributed by atoms with Gasteiger partial charge in [-0.3, -0.25) is 4.79 Å². The van der Waals surface area contributed by atoms with E-state index >= 15 is 0 Å². The fourth-order valence-electron chi connectivity index (χ4n) is 0.652. The minimum atomic E-state index is -0.242. The van der Waals surface area contributed by atoms with Gasteiger partial charge in [-0.25, -0.2) is 4.98 Å². The van der Waals surface area contributed by atoms with Crippen LogP contribution in [0.25, 0.3) is 0 Å². The van der Waals surface area contributed by atoms with E-state index in [1.165, 1.54) is 0 Å². The second kappa shape index (κ2) is 4.21. The van der Waals surface area contributed by atoms with Crippen molar-refractivity contribution in [3.05, 3.63) is 22.9 Å². The van der Waals surface area contributed by atoms with Crippen molar-refractivity contribution >= 4 is 21.9 Å². The zero-order valence-corrected chi connectivity index (χ0v) is 8.17. The third-order valence-corrected chi connectivity index (χ3v) is 1.65. The third kappa shape index (κ3) is 2.62. The first-order valence-corrected chi connectivity index (χ1v) is 4.34. The van der Waals surface area contributed by atoms with Gasteiger partial charge in [-0.1, -0.05) is 6.92 Å². The number of rotatable bonds is 2. The fraction of sp³-hybridized carbons (Fsp3) is 0.250. The molecule has 0 unspecified atom stereocenters. The molecule has 0 atom stereocenters. The number of carbonyl (C=O) groups is 1. The van der Waals surface area contributed by atoms with Crippen LogP contribution in [0.5, 0.6) is 5.75 Å². The summed E-state index contributed by atoms with van der Waals surface area (Å²) in [6.45, 7) is 1.75. The molecule has 0 spiro atoms. The second-order valence-electron chi connectivity index (χ2n) is 2.14. The normalized spacial score (nSPS) is 9.50. The van der Waals surface area contributed by atoms with Crippen LogP contribution in [0.1, 0.15) is 13.3 Å². The standard InChI is InChI=1S/C8H8BrNO2/c1-2-8(11)12-6-3-4-10-7(9)5-6/h3-5H,2H2,1H3. The van der Waals surface area contributed by atoms with Crippen molar-refractivity contribution in [2.24, 2.45) is 0 Å². The van der Waals surface area contributed by atoms with E-state index in [0.29, 0.717) is 16.8 Å². The Balaban J connectivity index is 2.69. The Kier molecular flexibility index (Phi) is 3.22. The van der Waals surface area contributed by atoms with Gasteiger partial charge in [0.1, 0.15) is 10.4 Å². The lowest BCUT2D eigenvalue weighted by Gasteiger charge is -2.01. The van der Waals surface area contributed by atoms with Crippen LogP contribution in [-0.4, -0.2) is 11.0 Å². The van der Waals surface area contributed by atoms with E-state index in [9.17, 15) is 4.79 Å². The van der Waals surface area contributed by atoms with Crippen molar-refractivity contribution in [1.29, 1.82) is 0 Å². The lowest BCUT2D eigenvalue weighted by atomic mass is 10.4. The van der Waals surface area contributed by atoms with Crippen LogP contribution in [0.3, 0.4) is 0 Å². The summed E-state index contributed by atoms with van der Waals surface area (Å²) >= 11 is 3.17. The Morgan fingerprint density at radius 3 is 3.08 bits per heavy atom. The summed E-state index contributed by atoms with van der Waals surface area (Å²) in [6, 6.07) is 3.28. The first-order chi connectivity index (χ1) is 5.72. The molecule has 0 aliphatic rings. The Morgan fingerprint density at radius 2 is 2.50 bits per heavy atom. The number of ether oxygens (including phenoxy) is 1. The molecule has 1 aromatic heterocycles. The molecule has 0 N–H and O–H groups in total. The lowest BCUT2D eigenvalue weighted by molar-refractivity contribution is -0.134. The molecule has 1 heterocycles. The highest BCUT2D eigenvalue weighted by Gasteiger charge is 2.01. The van der Waals surface area contributed by atoms with E-state index in [-0.39, 0.29) is 5.97 Å². The molecule has 0 amide bonds. The Bertz CT molecular complexity index is 288. The summed E-state index contributed by atoms with van der Waals surface area (Å²) in [5.74, 6) is 0.275. The van der Waals surface area contributed by atoms with Crippen LogP contribution in [0, 0.1) is 0 Å². The molecular formula is C8H8BrNO2. The molecule has 0 radical (unpaired) electrons. The van der Waals surface area contributed by atoms with E-state index in [1.807, 2.05) is 0 Å². The van der Waals surface area contributed by atoms with E-state index in [4.69, 9.17) is 4.74 Å². The van der Waals surface area contributed by atoms with Crippen molar-refractivity contribution in [2.75, 3.05) is 0 Å². The number of pyridine rings is 1. The molecular weight excluding hydrogens is 222 g/mol. The van der Waals surface area contributed by atoms with Crippen LogP contribution in [0.15, 0.2) is 22.9 Å². The largest absolute Gasteiger partial charge is 0.426 e. The molecule has 0 saturated carbocycles. The molecule has 1 rings (SSSR count). The lowest BCUT2D eigenvalue weighted by Crippen LogP contribution is -2.05. The smallest absolute Gasteiger partial charge is 0.310 e. The number of esters is 1. The number of nitrogens with zero attached hydrogens (tertiary/aromatic N) is 1. The number of hydrogen-bond acceptors (Lipinski definition) is 3. The first kappa shape index (κ1) is 9.19. The summed E-state index contributed by atoms with van der Waals surface area (Å²) in [4.78, 5) is 14.7. The van der Waals surface area contributed by atoms with Gasteiger partial charge in [-0.15, -0.1) is 0 Å². The van der Waals surface area contributed by atoms with Crippen LogP contribution >= 0.6 is 15.9 Å². The molecule has 0 bridgehead atoms. The summed E-state index contributed by atoms with van der Waals surface area (Å²) in [7, 11) is 0. The predicted octanol–water partition coefficient (Wildman–Crippen LogP) is 2.16. The van der Waals surface area contributed by atoms with Crippen molar-refractivity contribution in [3.8, 4) is 5.75 Å². The van der Waals surface area contributed by atoms with E-state index in [0.717, 1.165) is 0 Å². The van der Waals surface area contributed by atoms with Crippen molar-refractivity contribution in [2.45, 2.75) is 13.3 Å². The maximum absolute atomic E-state index is 10.8. The Labute approximate surface area is 78.9 Å². The van der Waals surface area contributed by atoms with Crippen LogP contribution < -0.4 is 4.74 Å². The topological polar surface area (TPSA) is 39.2 Å². The summed E-state index contributed by atoms with van der Waals surface area (Å²) in [6.07, 6.45) is 1.95. The van der Waals surface area contributed by atoms with Crippen LogP contribution in [0.2, 0.25) is 0 Å². The maximum Gasteiger partial charge on any atom is 0.310 e. The van der Waals surface area contributed by atoms with Crippen LogP contribution in [0.4, 0.5) is 0 Å². The van der Waals surface area contributed by atoms with E-state index < -0.39 is 0 Å². The maximum atomic E-state index is 10.8. The molecule has 4 heteroatoms. The summed E-state index contributed by atoms with van der Waals surface area (Å²) in [5, 5.41) is 0. The zero-order valence-electron chi connectivity index (χ0n) is 6.58. The number of carbonyl (C=O) groups excluding carboxylic acids is 1.